The van der Waals surface area contributed by atoms with Crippen molar-refractivity contribution in [1.82, 2.24) is 4.90 Å². The summed E-state index contributed by atoms with van der Waals surface area (Å²) >= 11 is 5.98. The maximum atomic E-state index is 13.6. The van der Waals surface area contributed by atoms with Gasteiger partial charge in [-0.15, -0.1) is 0 Å². The van der Waals surface area contributed by atoms with E-state index in [0.29, 0.717) is 12.1 Å². The predicted octanol–water partition coefficient (Wildman–Crippen LogP) is 4.97. The standard InChI is InChI=1S/C21H25ClFNO/c1-15(12-17-8-6-5-7-9-17)21(25,16(2)14-24(3)4)18-10-11-20(23)19(22)13-18/h5-13,16,25H,14H2,1-4H3. The zero-order valence-electron chi connectivity index (χ0n) is 15.1. The summed E-state index contributed by atoms with van der Waals surface area (Å²) in [7, 11) is 3.93. The highest BCUT2D eigenvalue weighted by atomic mass is 35.5. The summed E-state index contributed by atoms with van der Waals surface area (Å²) in [4.78, 5) is 2.02. The molecule has 0 saturated heterocycles. The van der Waals surface area contributed by atoms with Gasteiger partial charge < -0.3 is 10.0 Å². The number of halogens is 2. The average molecular weight is 362 g/mol. The fraction of sp³-hybridized carbons (Fsp3) is 0.333. The highest BCUT2D eigenvalue weighted by Crippen LogP contribution is 2.39. The number of rotatable bonds is 6. The first-order valence-corrected chi connectivity index (χ1v) is 8.69. The van der Waals surface area contributed by atoms with Crippen LogP contribution in [-0.4, -0.2) is 30.6 Å². The summed E-state index contributed by atoms with van der Waals surface area (Å²) in [5, 5.41) is 11.7. The third-order valence-electron chi connectivity index (χ3n) is 4.50. The minimum Gasteiger partial charge on any atom is -0.380 e. The van der Waals surface area contributed by atoms with Crippen LogP contribution in [0.15, 0.2) is 54.1 Å². The fourth-order valence-electron chi connectivity index (χ4n) is 3.22. The molecule has 0 fully saturated rings. The quantitative estimate of drug-likeness (QED) is 0.785. The van der Waals surface area contributed by atoms with Crippen LogP contribution in [0.3, 0.4) is 0 Å². The molecule has 4 heteroatoms. The van der Waals surface area contributed by atoms with Gasteiger partial charge in [0.05, 0.1) is 5.02 Å². The molecule has 0 heterocycles. The van der Waals surface area contributed by atoms with Crippen molar-refractivity contribution in [3.63, 3.8) is 0 Å². The lowest BCUT2D eigenvalue weighted by molar-refractivity contribution is 0.0105. The summed E-state index contributed by atoms with van der Waals surface area (Å²) in [6.45, 7) is 4.56. The van der Waals surface area contributed by atoms with Gasteiger partial charge in [0, 0.05) is 12.5 Å². The summed E-state index contributed by atoms with van der Waals surface area (Å²) in [5.41, 5.74) is 1.13. The Kier molecular flexibility index (Phi) is 6.39. The van der Waals surface area contributed by atoms with E-state index < -0.39 is 11.4 Å². The summed E-state index contributed by atoms with van der Waals surface area (Å²) in [6.07, 6.45) is 1.96. The van der Waals surface area contributed by atoms with E-state index in [2.05, 4.69) is 0 Å². The highest BCUT2D eigenvalue weighted by molar-refractivity contribution is 6.30. The number of nitrogens with zero attached hydrogens (tertiary/aromatic N) is 1. The second-order valence-corrected chi connectivity index (χ2v) is 7.20. The molecule has 2 unspecified atom stereocenters. The SMILES string of the molecule is CC(=Cc1ccccc1)C(O)(c1ccc(F)c(Cl)c1)C(C)CN(C)C. The molecular formula is C21H25ClFNO. The molecule has 0 saturated carbocycles. The number of hydrogen-bond donors (Lipinski definition) is 1. The van der Waals surface area contributed by atoms with Crippen LogP contribution in [0.1, 0.15) is 25.0 Å². The van der Waals surface area contributed by atoms with Crippen LogP contribution in [0.25, 0.3) is 6.08 Å². The summed E-state index contributed by atoms with van der Waals surface area (Å²) in [5.74, 6) is -0.610. The molecule has 0 aromatic heterocycles. The second kappa shape index (κ2) is 8.13. The molecule has 0 spiro atoms. The minimum absolute atomic E-state index is 0.0143. The maximum absolute atomic E-state index is 13.6. The van der Waals surface area contributed by atoms with Crippen molar-refractivity contribution in [1.29, 1.82) is 0 Å². The smallest absolute Gasteiger partial charge is 0.141 e. The molecule has 0 aliphatic rings. The van der Waals surface area contributed by atoms with Crippen molar-refractivity contribution >= 4 is 17.7 Å². The average Bonchev–Trinajstić information content (AvgIpc) is 2.56. The molecule has 2 aromatic rings. The third-order valence-corrected chi connectivity index (χ3v) is 4.79. The van der Waals surface area contributed by atoms with Crippen molar-refractivity contribution in [2.45, 2.75) is 19.4 Å². The van der Waals surface area contributed by atoms with Crippen LogP contribution in [0.4, 0.5) is 4.39 Å². The topological polar surface area (TPSA) is 23.5 Å². The monoisotopic (exact) mass is 361 g/mol. The molecule has 0 radical (unpaired) electrons. The van der Waals surface area contributed by atoms with E-state index in [9.17, 15) is 9.50 Å². The zero-order chi connectivity index (χ0) is 18.6. The number of hydrogen-bond acceptors (Lipinski definition) is 2. The van der Waals surface area contributed by atoms with Gasteiger partial charge in [-0.2, -0.15) is 0 Å². The first-order valence-electron chi connectivity index (χ1n) is 8.31. The van der Waals surface area contributed by atoms with Crippen molar-refractivity contribution in [2.24, 2.45) is 5.92 Å². The van der Waals surface area contributed by atoms with Gasteiger partial charge in [0.25, 0.3) is 0 Å². The molecular weight excluding hydrogens is 337 g/mol. The molecule has 0 aliphatic carbocycles. The first-order chi connectivity index (χ1) is 11.7. The predicted molar refractivity (Wildman–Crippen MR) is 103 cm³/mol. The van der Waals surface area contributed by atoms with Crippen LogP contribution in [0.5, 0.6) is 0 Å². The normalized spacial score (nSPS) is 15.9. The van der Waals surface area contributed by atoms with Crippen LogP contribution in [0.2, 0.25) is 5.02 Å². The Balaban J connectivity index is 2.55. The molecule has 2 nitrogen and oxygen atoms in total. The molecule has 25 heavy (non-hydrogen) atoms. The fourth-order valence-corrected chi connectivity index (χ4v) is 3.40. The first kappa shape index (κ1) is 19.6. The lowest BCUT2D eigenvalue weighted by Crippen LogP contribution is -2.40. The van der Waals surface area contributed by atoms with Crippen molar-refractivity contribution in [2.75, 3.05) is 20.6 Å². The van der Waals surface area contributed by atoms with Gasteiger partial charge in [0.1, 0.15) is 11.4 Å². The van der Waals surface area contributed by atoms with Gasteiger partial charge in [0.15, 0.2) is 0 Å². The minimum atomic E-state index is -1.25. The highest BCUT2D eigenvalue weighted by Gasteiger charge is 2.38. The van der Waals surface area contributed by atoms with Crippen LogP contribution in [-0.2, 0) is 5.60 Å². The Morgan fingerprint density at radius 1 is 1.24 bits per heavy atom. The van der Waals surface area contributed by atoms with Gasteiger partial charge in [0.2, 0.25) is 0 Å². The molecule has 2 rings (SSSR count). The molecule has 2 aromatic carbocycles. The van der Waals surface area contributed by atoms with E-state index in [4.69, 9.17) is 11.6 Å². The molecule has 0 bridgehead atoms. The Labute approximate surface area is 154 Å². The van der Waals surface area contributed by atoms with Crippen LogP contribution < -0.4 is 0 Å². The van der Waals surface area contributed by atoms with E-state index in [-0.39, 0.29) is 10.9 Å². The Morgan fingerprint density at radius 3 is 2.44 bits per heavy atom. The van der Waals surface area contributed by atoms with Crippen LogP contribution in [0, 0.1) is 11.7 Å². The molecule has 0 aliphatic heterocycles. The summed E-state index contributed by atoms with van der Waals surface area (Å²) < 4.78 is 13.6. The van der Waals surface area contributed by atoms with Gasteiger partial charge >= 0.3 is 0 Å². The number of benzene rings is 2. The van der Waals surface area contributed by atoms with Crippen LogP contribution >= 0.6 is 11.6 Å². The largest absolute Gasteiger partial charge is 0.380 e. The van der Waals surface area contributed by atoms with E-state index >= 15 is 0 Å². The molecule has 0 amide bonds. The van der Waals surface area contributed by atoms with Gasteiger partial charge in [-0.3, -0.25) is 0 Å². The Morgan fingerprint density at radius 2 is 1.88 bits per heavy atom. The lowest BCUT2D eigenvalue weighted by Gasteiger charge is -2.37. The summed E-state index contributed by atoms with van der Waals surface area (Å²) in [6, 6.07) is 14.3. The van der Waals surface area contributed by atoms with Crippen molar-refractivity contribution in [3.05, 3.63) is 76.1 Å². The third kappa shape index (κ3) is 4.49. The molecule has 2 atom stereocenters. The lowest BCUT2D eigenvalue weighted by atomic mass is 9.76. The van der Waals surface area contributed by atoms with E-state index in [0.717, 1.165) is 11.1 Å². The van der Waals surface area contributed by atoms with E-state index in [1.165, 1.54) is 12.1 Å². The Hall–Kier alpha value is -1.68. The van der Waals surface area contributed by atoms with E-state index in [1.807, 2.05) is 69.3 Å². The second-order valence-electron chi connectivity index (χ2n) is 6.80. The Bertz CT molecular complexity index is 745. The van der Waals surface area contributed by atoms with Gasteiger partial charge in [-0.25, -0.2) is 4.39 Å². The van der Waals surface area contributed by atoms with Crippen molar-refractivity contribution < 1.29 is 9.50 Å². The zero-order valence-corrected chi connectivity index (χ0v) is 15.9. The molecule has 134 valence electrons. The molecule has 1 N–H and O–H groups in total. The van der Waals surface area contributed by atoms with Crippen molar-refractivity contribution in [3.8, 4) is 0 Å². The van der Waals surface area contributed by atoms with Gasteiger partial charge in [-0.1, -0.05) is 61.0 Å². The maximum Gasteiger partial charge on any atom is 0.141 e. The number of aliphatic hydroxyl groups is 1. The van der Waals surface area contributed by atoms with E-state index in [1.54, 1.807) is 6.07 Å². The van der Waals surface area contributed by atoms with Gasteiger partial charge in [-0.05, 0) is 49.9 Å².